The van der Waals surface area contributed by atoms with Crippen LogP contribution in [0.1, 0.15) is 17.9 Å². The molecule has 0 amide bonds. The van der Waals surface area contributed by atoms with Crippen molar-refractivity contribution in [3.8, 4) is 0 Å². The SMILES string of the molecule is O[C@H]1COCC[C@@H]1c1ccccc1. The van der Waals surface area contributed by atoms with E-state index in [0.29, 0.717) is 6.61 Å². The lowest BCUT2D eigenvalue weighted by atomic mass is 9.90. The summed E-state index contributed by atoms with van der Waals surface area (Å²) in [4.78, 5) is 0. The van der Waals surface area contributed by atoms with Crippen LogP contribution in [0.25, 0.3) is 0 Å². The minimum atomic E-state index is -0.337. The number of aliphatic hydroxyl groups is 1. The summed E-state index contributed by atoms with van der Waals surface area (Å²) in [6.45, 7) is 1.23. The zero-order valence-electron chi connectivity index (χ0n) is 7.52. The van der Waals surface area contributed by atoms with Crippen LogP contribution in [0.5, 0.6) is 0 Å². The summed E-state index contributed by atoms with van der Waals surface area (Å²) >= 11 is 0. The van der Waals surface area contributed by atoms with Crippen molar-refractivity contribution in [2.24, 2.45) is 0 Å². The van der Waals surface area contributed by atoms with Crippen LogP contribution in [0.4, 0.5) is 0 Å². The zero-order valence-corrected chi connectivity index (χ0v) is 7.52. The molecule has 0 aliphatic carbocycles. The third kappa shape index (κ3) is 1.90. The molecular formula is C11H14O2. The molecule has 0 aromatic heterocycles. The lowest BCUT2D eigenvalue weighted by Crippen LogP contribution is -2.30. The van der Waals surface area contributed by atoms with Crippen molar-refractivity contribution in [2.45, 2.75) is 18.4 Å². The Hall–Kier alpha value is -0.860. The maximum atomic E-state index is 9.70. The van der Waals surface area contributed by atoms with Crippen molar-refractivity contribution in [1.82, 2.24) is 0 Å². The maximum Gasteiger partial charge on any atom is 0.0842 e. The summed E-state index contributed by atoms with van der Waals surface area (Å²) in [5, 5.41) is 9.70. The van der Waals surface area contributed by atoms with Crippen LogP contribution in [-0.2, 0) is 4.74 Å². The zero-order chi connectivity index (χ0) is 9.10. The monoisotopic (exact) mass is 178 g/mol. The van der Waals surface area contributed by atoms with Gasteiger partial charge in [-0.05, 0) is 12.0 Å². The number of hydrogen-bond acceptors (Lipinski definition) is 2. The van der Waals surface area contributed by atoms with Gasteiger partial charge in [-0.2, -0.15) is 0 Å². The maximum absolute atomic E-state index is 9.70. The Balaban J connectivity index is 2.15. The molecule has 2 rings (SSSR count). The molecule has 1 aromatic carbocycles. The number of benzene rings is 1. The largest absolute Gasteiger partial charge is 0.390 e. The van der Waals surface area contributed by atoms with Crippen molar-refractivity contribution in [1.29, 1.82) is 0 Å². The first kappa shape index (κ1) is 8.73. The lowest BCUT2D eigenvalue weighted by Gasteiger charge is -2.27. The van der Waals surface area contributed by atoms with Crippen LogP contribution in [0.3, 0.4) is 0 Å². The Morgan fingerprint density at radius 3 is 2.69 bits per heavy atom. The first-order chi connectivity index (χ1) is 6.38. The van der Waals surface area contributed by atoms with Crippen molar-refractivity contribution in [3.05, 3.63) is 35.9 Å². The van der Waals surface area contributed by atoms with Gasteiger partial charge in [0.25, 0.3) is 0 Å². The van der Waals surface area contributed by atoms with Gasteiger partial charge in [-0.15, -0.1) is 0 Å². The topological polar surface area (TPSA) is 29.5 Å². The second kappa shape index (κ2) is 3.90. The number of aliphatic hydroxyl groups excluding tert-OH is 1. The van der Waals surface area contributed by atoms with Gasteiger partial charge >= 0.3 is 0 Å². The van der Waals surface area contributed by atoms with Gasteiger partial charge in [0.15, 0.2) is 0 Å². The van der Waals surface area contributed by atoms with E-state index < -0.39 is 0 Å². The highest BCUT2D eigenvalue weighted by Crippen LogP contribution is 2.26. The standard InChI is InChI=1S/C11H14O2/c12-11-8-13-7-6-10(11)9-4-2-1-3-5-9/h1-5,10-12H,6-8H2/t10-,11+/m1/s1. The summed E-state index contributed by atoms with van der Waals surface area (Å²) in [6, 6.07) is 10.2. The summed E-state index contributed by atoms with van der Waals surface area (Å²) in [6.07, 6.45) is 0.585. The predicted octanol–water partition coefficient (Wildman–Crippen LogP) is 1.55. The molecule has 2 nitrogen and oxygen atoms in total. The molecule has 2 atom stereocenters. The van der Waals surface area contributed by atoms with E-state index in [9.17, 15) is 5.11 Å². The van der Waals surface area contributed by atoms with Crippen molar-refractivity contribution in [3.63, 3.8) is 0 Å². The molecule has 13 heavy (non-hydrogen) atoms. The van der Waals surface area contributed by atoms with E-state index in [-0.39, 0.29) is 12.0 Å². The van der Waals surface area contributed by atoms with Crippen LogP contribution in [0, 0.1) is 0 Å². The molecule has 0 radical (unpaired) electrons. The van der Waals surface area contributed by atoms with Gasteiger partial charge in [-0.25, -0.2) is 0 Å². The van der Waals surface area contributed by atoms with E-state index in [4.69, 9.17) is 4.74 Å². The van der Waals surface area contributed by atoms with Gasteiger partial charge in [-0.3, -0.25) is 0 Å². The van der Waals surface area contributed by atoms with Crippen molar-refractivity contribution in [2.75, 3.05) is 13.2 Å². The molecule has 2 heteroatoms. The molecule has 1 heterocycles. The average molecular weight is 178 g/mol. The Morgan fingerprint density at radius 1 is 1.23 bits per heavy atom. The summed E-state index contributed by atoms with van der Waals surface area (Å²) in [5.41, 5.74) is 1.22. The molecule has 0 spiro atoms. The fraction of sp³-hybridized carbons (Fsp3) is 0.455. The summed E-state index contributed by atoms with van der Waals surface area (Å²) in [7, 11) is 0. The van der Waals surface area contributed by atoms with Crippen LogP contribution >= 0.6 is 0 Å². The second-order valence-corrected chi connectivity index (χ2v) is 3.45. The average Bonchev–Trinajstić information content (AvgIpc) is 2.20. The highest BCUT2D eigenvalue weighted by atomic mass is 16.5. The van der Waals surface area contributed by atoms with Gasteiger partial charge in [0.2, 0.25) is 0 Å². The van der Waals surface area contributed by atoms with Gasteiger partial charge in [0, 0.05) is 12.5 Å². The smallest absolute Gasteiger partial charge is 0.0842 e. The molecule has 1 N–H and O–H groups in total. The Bertz CT molecular complexity index is 258. The lowest BCUT2D eigenvalue weighted by molar-refractivity contribution is -0.0205. The Kier molecular flexibility index (Phi) is 2.62. The molecule has 0 bridgehead atoms. The highest BCUT2D eigenvalue weighted by molar-refractivity contribution is 5.21. The van der Waals surface area contributed by atoms with E-state index in [1.807, 2.05) is 18.2 Å². The fourth-order valence-electron chi connectivity index (χ4n) is 1.81. The normalized spacial score (nSPS) is 28.7. The molecule has 0 saturated carbocycles. The molecule has 1 aliphatic rings. The minimum Gasteiger partial charge on any atom is -0.390 e. The molecule has 70 valence electrons. The molecule has 1 aromatic rings. The number of rotatable bonds is 1. The van der Waals surface area contributed by atoms with Crippen LogP contribution in [-0.4, -0.2) is 24.4 Å². The molecule has 1 saturated heterocycles. The summed E-state index contributed by atoms with van der Waals surface area (Å²) < 4.78 is 5.18. The van der Waals surface area contributed by atoms with Crippen LogP contribution in [0.2, 0.25) is 0 Å². The quantitative estimate of drug-likeness (QED) is 0.707. The molecule has 1 aliphatic heterocycles. The Morgan fingerprint density at radius 2 is 2.00 bits per heavy atom. The van der Waals surface area contributed by atoms with E-state index >= 15 is 0 Å². The van der Waals surface area contributed by atoms with Crippen LogP contribution in [0.15, 0.2) is 30.3 Å². The van der Waals surface area contributed by atoms with Gasteiger partial charge in [0.1, 0.15) is 0 Å². The van der Waals surface area contributed by atoms with Gasteiger partial charge in [-0.1, -0.05) is 30.3 Å². The summed E-state index contributed by atoms with van der Waals surface area (Å²) in [5.74, 6) is 0.259. The highest BCUT2D eigenvalue weighted by Gasteiger charge is 2.24. The van der Waals surface area contributed by atoms with Crippen LogP contribution < -0.4 is 0 Å². The number of hydrogen-bond donors (Lipinski definition) is 1. The predicted molar refractivity (Wildman–Crippen MR) is 50.6 cm³/mol. The fourth-order valence-corrected chi connectivity index (χ4v) is 1.81. The molecule has 0 unspecified atom stereocenters. The number of ether oxygens (including phenoxy) is 1. The van der Waals surface area contributed by atoms with Crippen molar-refractivity contribution >= 4 is 0 Å². The third-order valence-corrected chi connectivity index (χ3v) is 2.55. The first-order valence-corrected chi connectivity index (χ1v) is 4.68. The molecular weight excluding hydrogens is 164 g/mol. The third-order valence-electron chi connectivity index (χ3n) is 2.55. The van der Waals surface area contributed by atoms with Gasteiger partial charge in [0.05, 0.1) is 12.7 Å². The van der Waals surface area contributed by atoms with E-state index in [1.54, 1.807) is 0 Å². The van der Waals surface area contributed by atoms with Crippen molar-refractivity contribution < 1.29 is 9.84 Å². The van der Waals surface area contributed by atoms with E-state index in [0.717, 1.165) is 13.0 Å². The molecule has 1 fully saturated rings. The van der Waals surface area contributed by atoms with E-state index in [1.165, 1.54) is 5.56 Å². The van der Waals surface area contributed by atoms with Gasteiger partial charge < -0.3 is 9.84 Å². The minimum absolute atomic E-state index is 0.259. The first-order valence-electron chi connectivity index (χ1n) is 4.68. The van der Waals surface area contributed by atoms with E-state index in [2.05, 4.69) is 12.1 Å². The second-order valence-electron chi connectivity index (χ2n) is 3.45. The Labute approximate surface area is 78.2 Å².